The molecule has 3 heteroatoms. The van der Waals surface area contributed by atoms with Crippen molar-refractivity contribution in [2.75, 3.05) is 10.6 Å². The van der Waals surface area contributed by atoms with Crippen LogP contribution < -0.4 is 10.6 Å². The van der Waals surface area contributed by atoms with Crippen molar-refractivity contribution >= 4 is 39.8 Å². The first-order chi connectivity index (χ1) is 13.3. The predicted molar refractivity (Wildman–Crippen MR) is 115 cm³/mol. The highest BCUT2D eigenvalue weighted by Crippen LogP contribution is 2.34. The molecule has 1 aromatic heterocycles. The van der Waals surface area contributed by atoms with Gasteiger partial charge in [-0.25, -0.2) is 0 Å². The first-order valence-corrected chi connectivity index (χ1v) is 8.77. The van der Waals surface area contributed by atoms with Crippen molar-refractivity contribution in [2.24, 2.45) is 0 Å². The van der Waals surface area contributed by atoms with Crippen LogP contribution in [-0.4, -0.2) is 0 Å². The van der Waals surface area contributed by atoms with Crippen LogP contribution in [0.25, 0.3) is 22.7 Å². The first kappa shape index (κ1) is 16.7. The summed E-state index contributed by atoms with van der Waals surface area (Å²) in [6.45, 7) is 8.13. The Morgan fingerprint density at radius 2 is 1.48 bits per heavy atom. The molecule has 3 aromatic carbocycles. The van der Waals surface area contributed by atoms with Crippen LogP contribution in [0.1, 0.15) is 11.3 Å². The van der Waals surface area contributed by atoms with Crippen molar-refractivity contribution in [2.45, 2.75) is 0 Å². The molecule has 4 rings (SSSR count). The van der Waals surface area contributed by atoms with Crippen LogP contribution in [0, 0.1) is 0 Å². The van der Waals surface area contributed by atoms with E-state index in [0.717, 1.165) is 39.3 Å². The van der Waals surface area contributed by atoms with Gasteiger partial charge < -0.3 is 15.1 Å². The summed E-state index contributed by atoms with van der Waals surface area (Å²) in [6.07, 6.45) is 1.72. The van der Waals surface area contributed by atoms with E-state index in [1.807, 2.05) is 78.9 Å². The van der Waals surface area contributed by atoms with E-state index < -0.39 is 0 Å². The minimum atomic E-state index is 0.710. The van der Waals surface area contributed by atoms with Gasteiger partial charge in [-0.1, -0.05) is 61.7 Å². The molecule has 0 atom stereocenters. The average Bonchev–Trinajstić information content (AvgIpc) is 3.09. The third-order valence-electron chi connectivity index (χ3n) is 4.38. The summed E-state index contributed by atoms with van der Waals surface area (Å²) in [4.78, 5) is 0. The Morgan fingerprint density at radius 1 is 0.815 bits per heavy atom. The van der Waals surface area contributed by atoms with E-state index >= 15 is 0 Å². The molecule has 0 spiro atoms. The van der Waals surface area contributed by atoms with Crippen LogP contribution in [-0.2, 0) is 0 Å². The monoisotopic (exact) mass is 352 g/mol. The van der Waals surface area contributed by atoms with E-state index in [1.165, 1.54) is 0 Å². The Morgan fingerprint density at radius 3 is 2.26 bits per heavy atom. The smallest absolute Gasteiger partial charge is 0.136 e. The molecule has 0 fully saturated rings. The first-order valence-electron chi connectivity index (χ1n) is 8.77. The van der Waals surface area contributed by atoms with Crippen molar-refractivity contribution in [1.29, 1.82) is 0 Å². The molecule has 27 heavy (non-hydrogen) atoms. The molecule has 0 bridgehead atoms. The molecule has 0 aliphatic heterocycles. The van der Waals surface area contributed by atoms with Gasteiger partial charge in [0, 0.05) is 16.8 Å². The van der Waals surface area contributed by atoms with E-state index in [2.05, 4.69) is 23.8 Å². The lowest BCUT2D eigenvalue weighted by Crippen LogP contribution is -2.01. The third-order valence-corrected chi connectivity index (χ3v) is 4.38. The number of benzene rings is 3. The van der Waals surface area contributed by atoms with Gasteiger partial charge in [-0.15, -0.1) is 0 Å². The Balaban J connectivity index is 1.67. The fraction of sp³-hybridized carbons (Fsp3) is 0. The molecule has 0 saturated carbocycles. The largest absolute Gasteiger partial charge is 0.456 e. The van der Waals surface area contributed by atoms with Gasteiger partial charge in [0.25, 0.3) is 0 Å². The van der Waals surface area contributed by atoms with Crippen molar-refractivity contribution in [3.63, 3.8) is 0 Å². The number of hydrogen-bond acceptors (Lipinski definition) is 3. The zero-order valence-electron chi connectivity index (χ0n) is 14.9. The highest BCUT2D eigenvalue weighted by molar-refractivity contribution is 5.98. The van der Waals surface area contributed by atoms with Gasteiger partial charge in [-0.2, -0.15) is 0 Å². The van der Waals surface area contributed by atoms with E-state index in [-0.39, 0.29) is 0 Å². The lowest BCUT2D eigenvalue weighted by atomic mass is 10.1. The van der Waals surface area contributed by atoms with Gasteiger partial charge in [0.2, 0.25) is 0 Å². The van der Waals surface area contributed by atoms with Gasteiger partial charge in [-0.3, -0.25) is 0 Å². The molecule has 3 nitrogen and oxygen atoms in total. The third kappa shape index (κ3) is 3.35. The van der Waals surface area contributed by atoms with Gasteiger partial charge in [0.15, 0.2) is 0 Å². The van der Waals surface area contributed by atoms with Gasteiger partial charge >= 0.3 is 0 Å². The second kappa shape index (κ2) is 7.26. The van der Waals surface area contributed by atoms with Crippen molar-refractivity contribution in [3.8, 4) is 0 Å². The quantitative estimate of drug-likeness (QED) is 0.396. The van der Waals surface area contributed by atoms with E-state index in [4.69, 9.17) is 4.42 Å². The lowest BCUT2D eigenvalue weighted by Gasteiger charge is -2.15. The molecule has 0 radical (unpaired) electrons. The van der Waals surface area contributed by atoms with Crippen molar-refractivity contribution in [3.05, 3.63) is 103 Å². The van der Waals surface area contributed by atoms with Crippen molar-refractivity contribution in [1.82, 2.24) is 0 Å². The second-order valence-corrected chi connectivity index (χ2v) is 6.18. The predicted octanol–water partition coefficient (Wildman–Crippen LogP) is 6.90. The minimum Gasteiger partial charge on any atom is -0.456 e. The molecule has 4 aromatic rings. The molecule has 1 heterocycles. The summed E-state index contributed by atoms with van der Waals surface area (Å²) < 4.78 is 5.90. The molecule has 132 valence electrons. The summed E-state index contributed by atoms with van der Waals surface area (Å²) in [5.41, 5.74) is 5.44. The average molecular weight is 352 g/mol. The number of anilines is 3. The maximum absolute atomic E-state index is 5.90. The summed E-state index contributed by atoms with van der Waals surface area (Å²) in [7, 11) is 0. The summed E-state index contributed by atoms with van der Waals surface area (Å²) in [5.74, 6) is 0.710. The molecule has 2 N–H and O–H groups in total. The number of fused-ring (bicyclic) bond motifs is 1. The zero-order chi connectivity index (χ0) is 18.6. The van der Waals surface area contributed by atoms with E-state index in [9.17, 15) is 0 Å². The maximum Gasteiger partial charge on any atom is 0.136 e. The van der Waals surface area contributed by atoms with Crippen molar-refractivity contribution < 1.29 is 4.42 Å². The lowest BCUT2D eigenvalue weighted by molar-refractivity contribution is 0.603. The standard InChI is InChI=1S/C24H20N2O/c1-3-22-24(19-13-7-10-16-23(19)27-22)17(2)25-20-14-8-9-15-21(20)26-18-11-5-4-6-12-18/h3-16,25-26H,1-2H2. The van der Waals surface area contributed by atoms with Gasteiger partial charge in [0.05, 0.1) is 16.9 Å². The Hall–Kier alpha value is -3.72. The fourth-order valence-electron chi connectivity index (χ4n) is 3.12. The van der Waals surface area contributed by atoms with Gasteiger partial charge in [-0.05, 0) is 36.4 Å². The second-order valence-electron chi connectivity index (χ2n) is 6.18. The fourth-order valence-corrected chi connectivity index (χ4v) is 3.12. The Bertz CT molecular complexity index is 1110. The molecule has 0 amide bonds. The number of para-hydroxylation sites is 4. The summed E-state index contributed by atoms with van der Waals surface area (Å²) in [6, 6.07) is 26.0. The number of nitrogens with one attached hydrogen (secondary N) is 2. The van der Waals surface area contributed by atoms with Crippen LogP contribution in [0.3, 0.4) is 0 Å². The SMILES string of the molecule is C=Cc1oc2ccccc2c1C(=C)Nc1ccccc1Nc1ccccc1. The van der Waals surface area contributed by atoms with Crippen LogP contribution >= 0.6 is 0 Å². The number of hydrogen-bond donors (Lipinski definition) is 2. The normalized spacial score (nSPS) is 10.5. The maximum atomic E-state index is 5.90. The van der Waals surface area contributed by atoms with Crippen LogP contribution in [0.4, 0.5) is 17.1 Å². The molecular formula is C24H20N2O. The summed E-state index contributed by atoms with van der Waals surface area (Å²) in [5, 5.41) is 7.89. The van der Waals surface area contributed by atoms with Gasteiger partial charge in [0.1, 0.15) is 11.3 Å². The zero-order valence-corrected chi connectivity index (χ0v) is 14.9. The van der Waals surface area contributed by atoms with E-state index in [0.29, 0.717) is 5.76 Å². The molecule has 0 unspecified atom stereocenters. The Kier molecular flexibility index (Phi) is 4.50. The van der Waals surface area contributed by atoms with E-state index in [1.54, 1.807) is 6.08 Å². The van der Waals surface area contributed by atoms with Crippen LogP contribution in [0.5, 0.6) is 0 Å². The minimum absolute atomic E-state index is 0.710. The Labute approximate surface area is 158 Å². The number of furan rings is 1. The molecule has 0 aliphatic rings. The molecule has 0 saturated heterocycles. The topological polar surface area (TPSA) is 37.2 Å². The van der Waals surface area contributed by atoms with Crippen LogP contribution in [0.2, 0.25) is 0 Å². The van der Waals surface area contributed by atoms with Crippen LogP contribution in [0.15, 0.2) is 96.4 Å². The molecular weight excluding hydrogens is 332 g/mol. The number of rotatable bonds is 6. The molecule has 0 aliphatic carbocycles. The highest BCUT2D eigenvalue weighted by atomic mass is 16.3. The highest BCUT2D eigenvalue weighted by Gasteiger charge is 2.15. The summed E-state index contributed by atoms with van der Waals surface area (Å²) >= 11 is 0.